The minimum atomic E-state index is -3.36. The molecule has 0 aliphatic heterocycles. The largest absolute Gasteiger partial charge is 0.384 e. The molecule has 0 bridgehead atoms. The molecule has 0 aromatic carbocycles. The zero-order valence-electron chi connectivity index (χ0n) is 11.4. The fraction of sp³-hybridized carbons (Fsp3) is 0.455. The van der Waals surface area contributed by atoms with Crippen molar-refractivity contribution in [2.45, 2.75) is 19.4 Å². The maximum absolute atomic E-state index is 11.9. The number of amides is 1. The minimum absolute atomic E-state index is 0.110. The molecular formula is C11H17ClN4O3S. The number of nitrogens with one attached hydrogen (secondary N) is 2. The molecule has 0 radical (unpaired) electrons. The van der Waals surface area contributed by atoms with Crippen LogP contribution < -0.4 is 15.8 Å². The molecule has 0 saturated heterocycles. The molecule has 0 aliphatic rings. The van der Waals surface area contributed by atoms with E-state index in [4.69, 9.17) is 17.3 Å². The van der Waals surface area contributed by atoms with Crippen LogP contribution in [-0.2, 0) is 10.0 Å². The maximum Gasteiger partial charge on any atom is 0.251 e. The van der Waals surface area contributed by atoms with Crippen molar-refractivity contribution in [3.8, 4) is 0 Å². The molecule has 7 nitrogen and oxygen atoms in total. The predicted octanol–water partition coefficient (Wildman–Crippen LogP) is 0.375. The average molecular weight is 321 g/mol. The van der Waals surface area contributed by atoms with Crippen molar-refractivity contribution in [1.29, 1.82) is 0 Å². The number of nitrogens with zero attached hydrogens (tertiary/aromatic N) is 1. The van der Waals surface area contributed by atoms with Crippen LogP contribution in [0.5, 0.6) is 0 Å². The van der Waals surface area contributed by atoms with Gasteiger partial charge in [-0.3, -0.25) is 4.79 Å². The Labute approximate surface area is 123 Å². The fourth-order valence-corrected chi connectivity index (χ4v) is 2.88. The van der Waals surface area contributed by atoms with E-state index < -0.39 is 21.5 Å². The van der Waals surface area contributed by atoms with Crippen molar-refractivity contribution in [3.63, 3.8) is 0 Å². The molecule has 9 heteroatoms. The number of carbonyl (C=O) groups is 1. The van der Waals surface area contributed by atoms with E-state index >= 15 is 0 Å². The summed E-state index contributed by atoms with van der Waals surface area (Å²) >= 11 is 5.71. The number of nitrogen functional groups attached to an aromatic ring is 1. The smallest absolute Gasteiger partial charge is 0.251 e. The molecule has 0 atom stereocenters. The van der Waals surface area contributed by atoms with Crippen LogP contribution in [0.15, 0.2) is 12.1 Å². The number of sulfonamides is 1. The fourth-order valence-electron chi connectivity index (χ4n) is 1.59. The highest BCUT2D eigenvalue weighted by Gasteiger charge is 2.23. The lowest BCUT2D eigenvalue weighted by Gasteiger charge is -2.25. The molecule has 112 valence electrons. The van der Waals surface area contributed by atoms with Crippen LogP contribution in [0.4, 0.5) is 5.82 Å². The number of pyridine rings is 1. The van der Waals surface area contributed by atoms with Gasteiger partial charge < -0.3 is 11.1 Å². The van der Waals surface area contributed by atoms with E-state index in [2.05, 4.69) is 15.0 Å². The summed E-state index contributed by atoms with van der Waals surface area (Å²) < 4.78 is 24.8. The topological polar surface area (TPSA) is 114 Å². The molecule has 20 heavy (non-hydrogen) atoms. The zero-order chi connectivity index (χ0) is 15.6. The molecule has 0 unspecified atom stereocenters. The van der Waals surface area contributed by atoms with Crippen LogP contribution in [-0.4, -0.2) is 37.6 Å². The van der Waals surface area contributed by atoms with Gasteiger partial charge in [0, 0.05) is 17.6 Å². The first-order valence-electron chi connectivity index (χ1n) is 5.69. The summed E-state index contributed by atoms with van der Waals surface area (Å²) in [5, 5.41) is 2.72. The molecule has 1 heterocycles. The molecule has 4 N–H and O–H groups in total. The van der Waals surface area contributed by atoms with Gasteiger partial charge in [-0.1, -0.05) is 11.6 Å². The minimum Gasteiger partial charge on any atom is -0.384 e. The predicted molar refractivity (Wildman–Crippen MR) is 78.1 cm³/mol. The summed E-state index contributed by atoms with van der Waals surface area (Å²) in [6.07, 6.45) is 1.06. The summed E-state index contributed by atoms with van der Waals surface area (Å²) in [5.41, 5.74) is 4.94. The number of aromatic nitrogens is 1. The third-order valence-electron chi connectivity index (χ3n) is 2.23. The van der Waals surface area contributed by atoms with Gasteiger partial charge in [-0.05, 0) is 26.0 Å². The molecule has 0 spiro atoms. The number of hydrogen-bond donors (Lipinski definition) is 3. The number of rotatable bonds is 5. The summed E-state index contributed by atoms with van der Waals surface area (Å²) in [5.74, 6) is -0.277. The van der Waals surface area contributed by atoms with Crippen LogP contribution in [0, 0.1) is 0 Å². The van der Waals surface area contributed by atoms with Crippen LogP contribution in [0.25, 0.3) is 0 Å². The van der Waals surface area contributed by atoms with Crippen molar-refractivity contribution in [2.24, 2.45) is 0 Å². The highest BCUT2D eigenvalue weighted by Crippen LogP contribution is 2.12. The first-order chi connectivity index (χ1) is 8.98. The Morgan fingerprint density at radius 2 is 2.05 bits per heavy atom. The molecule has 0 saturated carbocycles. The van der Waals surface area contributed by atoms with Gasteiger partial charge >= 0.3 is 0 Å². The van der Waals surface area contributed by atoms with Gasteiger partial charge in [-0.2, -0.15) is 0 Å². The number of nitrogens with two attached hydrogens (primary N) is 1. The van der Waals surface area contributed by atoms with E-state index in [1.807, 2.05) is 0 Å². The van der Waals surface area contributed by atoms with Crippen LogP contribution in [0.3, 0.4) is 0 Å². The molecule has 1 rings (SSSR count). The third-order valence-corrected chi connectivity index (χ3v) is 3.35. The second-order valence-corrected chi connectivity index (χ2v) is 7.18. The van der Waals surface area contributed by atoms with Crippen molar-refractivity contribution < 1.29 is 13.2 Å². The third kappa shape index (κ3) is 5.72. The number of anilines is 1. The summed E-state index contributed by atoms with van der Waals surface area (Å²) in [6.45, 7) is 3.42. The second kappa shape index (κ2) is 5.94. The summed E-state index contributed by atoms with van der Waals surface area (Å²) in [6, 6.07) is 2.77. The lowest BCUT2D eigenvalue weighted by Crippen LogP contribution is -2.51. The van der Waals surface area contributed by atoms with Crippen molar-refractivity contribution in [2.75, 3.05) is 18.5 Å². The van der Waals surface area contributed by atoms with Crippen molar-refractivity contribution >= 4 is 33.3 Å². The van der Waals surface area contributed by atoms with Gasteiger partial charge in [0.2, 0.25) is 10.0 Å². The second-order valence-electron chi connectivity index (χ2n) is 5.04. The average Bonchev–Trinajstić information content (AvgIpc) is 2.21. The quantitative estimate of drug-likeness (QED) is 0.678. The number of hydrogen-bond acceptors (Lipinski definition) is 5. The van der Waals surface area contributed by atoms with E-state index in [0.717, 1.165) is 6.26 Å². The normalized spacial score (nSPS) is 12.2. The maximum atomic E-state index is 11.9. The Kier molecular flexibility index (Phi) is 4.95. The molecule has 0 fully saturated rings. The molecule has 1 aromatic heterocycles. The summed E-state index contributed by atoms with van der Waals surface area (Å²) in [7, 11) is -3.36. The zero-order valence-corrected chi connectivity index (χ0v) is 13.0. The molecule has 1 amide bonds. The Balaban J connectivity index is 2.72. The van der Waals surface area contributed by atoms with Gasteiger partial charge in [-0.25, -0.2) is 18.1 Å². The molecule has 0 aliphatic carbocycles. The summed E-state index contributed by atoms with van der Waals surface area (Å²) in [4.78, 5) is 15.7. The Bertz CT molecular complexity index is 596. The standard InChI is InChI=1S/C11H17ClN4O3S/c1-11(2,16-20(3,18)19)6-14-10(17)7-4-8(12)15-9(13)5-7/h4-5,16H,6H2,1-3H3,(H2,13,15)(H,14,17). The lowest BCUT2D eigenvalue weighted by molar-refractivity contribution is 0.0944. The monoisotopic (exact) mass is 320 g/mol. The van der Waals surface area contributed by atoms with E-state index in [0.29, 0.717) is 0 Å². The first kappa shape index (κ1) is 16.7. The van der Waals surface area contributed by atoms with Crippen molar-refractivity contribution in [1.82, 2.24) is 15.0 Å². The van der Waals surface area contributed by atoms with Gasteiger partial charge in [0.25, 0.3) is 5.91 Å². The number of halogens is 1. The van der Waals surface area contributed by atoms with Crippen LogP contribution in [0.1, 0.15) is 24.2 Å². The Hall–Kier alpha value is -1.38. The Morgan fingerprint density at radius 3 is 2.55 bits per heavy atom. The van der Waals surface area contributed by atoms with Crippen molar-refractivity contribution in [3.05, 3.63) is 22.8 Å². The SMILES string of the molecule is CC(C)(CNC(=O)c1cc(N)nc(Cl)c1)NS(C)(=O)=O. The number of carbonyl (C=O) groups excluding carboxylic acids is 1. The van der Waals surface area contributed by atoms with E-state index in [9.17, 15) is 13.2 Å². The van der Waals surface area contributed by atoms with Gasteiger partial charge in [-0.15, -0.1) is 0 Å². The van der Waals surface area contributed by atoms with Crippen LogP contribution in [0.2, 0.25) is 5.15 Å². The lowest BCUT2D eigenvalue weighted by atomic mass is 10.1. The highest BCUT2D eigenvalue weighted by atomic mass is 35.5. The van der Waals surface area contributed by atoms with E-state index in [1.54, 1.807) is 13.8 Å². The first-order valence-corrected chi connectivity index (χ1v) is 7.96. The van der Waals surface area contributed by atoms with Gasteiger partial charge in [0.05, 0.1) is 6.26 Å². The Morgan fingerprint density at radius 1 is 1.45 bits per heavy atom. The molecule has 1 aromatic rings. The van der Waals surface area contributed by atoms with Crippen LogP contribution >= 0.6 is 11.6 Å². The van der Waals surface area contributed by atoms with Gasteiger partial charge in [0.1, 0.15) is 11.0 Å². The highest BCUT2D eigenvalue weighted by molar-refractivity contribution is 7.88. The van der Waals surface area contributed by atoms with E-state index in [-0.39, 0.29) is 23.1 Å². The molecular weight excluding hydrogens is 304 g/mol. The van der Waals surface area contributed by atoms with Gasteiger partial charge in [0.15, 0.2) is 0 Å². The van der Waals surface area contributed by atoms with E-state index in [1.165, 1.54) is 12.1 Å².